The second-order valence-electron chi connectivity index (χ2n) is 17.1. The molecule has 0 amide bonds. The van der Waals surface area contributed by atoms with Gasteiger partial charge in [0.15, 0.2) is 46.5 Å². The summed E-state index contributed by atoms with van der Waals surface area (Å²) in [5, 5.41) is 0. The molecule has 0 saturated heterocycles. The average molecular weight is 1040 g/mol. The van der Waals surface area contributed by atoms with Gasteiger partial charge in [-0.15, -0.1) is 21.9 Å². The summed E-state index contributed by atoms with van der Waals surface area (Å²) in [5.41, 5.74) is -23.3. The van der Waals surface area contributed by atoms with Gasteiger partial charge in [0.05, 0.1) is 5.56 Å². The lowest BCUT2D eigenvalue weighted by Crippen LogP contribution is -2.81. The topological polar surface area (TPSA) is 0 Å². The number of alkyl halides is 6. The molecule has 0 aliphatic heterocycles. The van der Waals surface area contributed by atoms with Crippen molar-refractivity contribution in [2.24, 2.45) is 0 Å². The van der Waals surface area contributed by atoms with Crippen molar-refractivity contribution in [3.63, 3.8) is 0 Å². The lowest BCUT2D eigenvalue weighted by molar-refractivity contribution is -0.144. The number of hydrogen-bond acceptors (Lipinski definition) is 0. The number of aryl methyl sites for hydroxylation is 4. The molecule has 23 heteroatoms. The lowest BCUT2D eigenvalue weighted by Gasteiger charge is -2.45. The fraction of sp³-hybridized carbons (Fsp3) is 0.143. The Morgan fingerprint density at radius 2 is 0.583 bits per heavy atom. The molecule has 2 aliphatic rings. The van der Waals surface area contributed by atoms with Crippen molar-refractivity contribution >= 4 is 28.0 Å². The molecular weight excluding hydrogens is 1020 g/mol. The molecule has 0 bridgehead atoms. The van der Waals surface area contributed by atoms with Crippen LogP contribution in [0.5, 0.6) is 0 Å². The Hall–Kier alpha value is -6.94. The molecule has 0 fully saturated rings. The Morgan fingerprint density at radius 3 is 0.861 bits per heavy atom. The van der Waals surface area contributed by atoms with Gasteiger partial charge in [0.2, 0.25) is 0 Å². The van der Waals surface area contributed by atoms with Gasteiger partial charge in [0, 0.05) is 5.56 Å². The van der Waals surface area contributed by atoms with Crippen molar-refractivity contribution in [1.82, 2.24) is 0 Å². The second-order valence-corrected chi connectivity index (χ2v) is 17.1. The summed E-state index contributed by atoms with van der Waals surface area (Å²) >= 11 is 0. The largest absolute Gasteiger partial charge is 0.422 e. The molecule has 2 aliphatic carbocycles. The zero-order chi connectivity index (χ0) is 52.7. The van der Waals surface area contributed by atoms with Gasteiger partial charge < -0.3 is 0 Å². The first-order valence-electron chi connectivity index (χ1n) is 20.7. The average Bonchev–Trinajstić information content (AvgIpc) is 3.28. The highest BCUT2D eigenvalue weighted by atomic mass is 19.4. The van der Waals surface area contributed by atoms with Crippen LogP contribution < -0.4 is 21.9 Å². The summed E-state index contributed by atoms with van der Waals surface area (Å²) in [6.07, 6.45) is -18.5. The van der Waals surface area contributed by atoms with Crippen LogP contribution in [-0.4, -0.2) is 6.15 Å². The van der Waals surface area contributed by atoms with Crippen LogP contribution in [-0.2, 0) is 38.0 Å². The highest BCUT2D eigenvalue weighted by Crippen LogP contribution is 2.42. The third-order valence-electron chi connectivity index (χ3n) is 13.3. The maximum Gasteiger partial charge on any atom is 0.422 e. The van der Waals surface area contributed by atoms with Crippen LogP contribution in [0.4, 0.5) is 96.6 Å². The standard InChI is InChI=1S/C49H20BF22/c1-15-32(51)40(59)28(41(60)33(15)52)50(30-44(63)36(55)26(48(67,68)69)37(56)45(30)64,31-46(65)38(57)27(49(70,71)72)39(58)47(31)66)29-42(61)34(53)25(35(54)43(29)62)24-13-22(20-8-4-16-2-6-18(16)10-20)12-23(14-24)21-9-5-17-3-7-19(17)11-21/h4-5,8-14H,2-3,6-7H2,1H3/q-1. The van der Waals surface area contributed by atoms with E-state index in [1.807, 2.05) is 0 Å². The number of halogens is 22. The summed E-state index contributed by atoms with van der Waals surface area (Å²) < 4.78 is 348. The van der Waals surface area contributed by atoms with Crippen LogP contribution >= 0.6 is 0 Å². The maximum absolute atomic E-state index is 17.6. The quantitative estimate of drug-likeness (QED) is 0.0848. The van der Waals surface area contributed by atoms with E-state index in [1.54, 1.807) is 24.3 Å². The van der Waals surface area contributed by atoms with Crippen LogP contribution in [0.1, 0.15) is 38.9 Å². The van der Waals surface area contributed by atoms with E-state index < -0.39 is 161 Å². The van der Waals surface area contributed by atoms with E-state index in [4.69, 9.17) is 0 Å². The Bertz CT molecular complexity index is 3260. The third kappa shape index (κ3) is 7.09. The van der Waals surface area contributed by atoms with E-state index in [0.29, 0.717) is 25.7 Å². The molecule has 0 N–H and O–H groups in total. The SMILES string of the molecule is Cc1c(F)c(F)c([B-](c2c(F)c(F)c(-c3cc(-c4ccc5c(c4)CC5)cc(-c4ccc5c(c4)CC5)c3)c(F)c2F)(c2c(F)c(F)c(C(F)(F)F)c(F)c2F)c2c(F)c(F)c(C(F)(F)F)c(F)c2F)c(F)c1F. The molecule has 7 aromatic carbocycles. The van der Waals surface area contributed by atoms with Crippen molar-refractivity contribution in [2.45, 2.75) is 45.0 Å². The Morgan fingerprint density at radius 1 is 0.306 bits per heavy atom. The van der Waals surface area contributed by atoms with Gasteiger partial charge in [0.25, 0.3) is 0 Å². The summed E-state index contributed by atoms with van der Waals surface area (Å²) in [7, 11) is 0. The van der Waals surface area contributed by atoms with Crippen LogP contribution in [0.15, 0.2) is 54.6 Å². The fourth-order valence-electron chi connectivity index (χ4n) is 9.70. The van der Waals surface area contributed by atoms with E-state index in [2.05, 4.69) is 0 Å². The van der Waals surface area contributed by atoms with Crippen LogP contribution in [0.25, 0.3) is 33.4 Å². The van der Waals surface area contributed by atoms with Crippen molar-refractivity contribution in [2.75, 3.05) is 0 Å². The second kappa shape index (κ2) is 16.8. The monoisotopic (exact) mass is 1040 g/mol. The molecule has 374 valence electrons. The Kier molecular flexibility index (Phi) is 11.7. The molecule has 72 heavy (non-hydrogen) atoms. The number of fused-ring (bicyclic) bond motifs is 2. The molecule has 0 aromatic heterocycles. The molecular formula is C49H20BF22-. The number of rotatable bonds is 7. The minimum Gasteiger partial charge on any atom is -0.207 e. The molecule has 0 atom stereocenters. The molecule has 0 radical (unpaired) electrons. The normalized spacial score (nSPS) is 13.5. The molecule has 0 saturated carbocycles. The minimum atomic E-state index is -7.54. The summed E-state index contributed by atoms with van der Waals surface area (Å²) in [4.78, 5) is 0. The van der Waals surface area contributed by atoms with Crippen LogP contribution in [0.3, 0.4) is 0 Å². The van der Waals surface area contributed by atoms with E-state index in [1.165, 1.54) is 18.2 Å². The lowest BCUT2D eigenvalue weighted by atomic mass is 9.12. The zero-order valence-corrected chi connectivity index (χ0v) is 35.4. The van der Waals surface area contributed by atoms with E-state index in [0.717, 1.165) is 34.4 Å². The van der Waals surface area contributed by atoms with Gasteiger partial charge in [-0.25, -0.2) is 70.2 Å². The van der Waals surface area contributed by atoms with E-state index in [9.17, 15) is 26.3 Å². The highest BCUT2D eigenvalue weighted by Gasteiger charge is 2.54. The van der Waals surface area contributed by atoms with E-state index in [-0.39, 0.29) is 29.2 Å². The van der Waals surface area contributed by atoms with Gasteiger partial charge in [-0.3, -0.25) is 0 Å². The maximum atomic E-state index is 17.6. The first kappa shape index (κ1) is 50.0. The third-order valence-corrected chi connectivity index (χ3v) is 13.3. The Labute approximate surface area is 389 Å². The molecule has 0 heterocycles. The fourth-order valence-corrected chi connectivity index (χ4v) is 9.70. The zero-order valence-electron chi connectivity index (χ0n) is 35.4. The first-order valence-corrected chi connectivity index (χ1v) is 20.7. The van der Waals surface area contributed by atoms with Gasteiger partial charge in [0.1, 0.15) is 63.8 Å². The summed E-state index contributed by atoms with van der Waals surface area (Å²) in [5.74, 6) is -58.1. The van der Waals surface area contributed by atoms with Gasteiger partial charge in [-0.05, 0) is 101 Å². The smallest absolute Gasteiger partial charge is 0.207 e. The van der Waals surface area contributed by atoms with Gasteiger partial charge >= 0.3 is 12.4 Å². The van der Waals surface area contributed by atoms with Crippen molar-refractivity contribution in [3.8, 4) is 33.4 Å². The summed E-state index contributed by atoms with van der Waals surface area (Å²) in [6.45, 7) is 0.0760. The van der Waals surface area contributed by atoms with Crippen LogP contribution in [0.2, 0.25) is 0 Å². The van der Waals surface area contributed by atoms with Crippen molar-refractivity contribution in [1.29, 1.82) is 0 Å². The van der Waals surface area contributed by atoms with Crippen molar-refractivity contribution in [3.05, 3.63) is 187 Å². The predicted molar refractivity (Wildman–Crippen MR) is 215 cm³/mol. The molecule has 0 nitrogen and oxygen atoms in total. The number of benzene rings is 7. The number of hydrogen-bond donors (Lipinski definition) is 0. The predicted octanol–water partition coefficient (Wildman–Crippen LogP) is 12.8. The van der Waals surface area contributed by atoms with Crippen LogP contribution in [0, 0.1) is 100.0 Å². The van der Waals surface area contributed by atoms with Crippen molar-refractivity contribution < 1.29 is 96.6 Å². The summed E-state index contributed by atoms with van der Waals surface area (Å²) in [6, 6.07) is 12.6. The Balaban J connectivity index is 1.51. The minimum absolute atomic E-state index is 0.00316. The first-order chi connectivity index (χ1) is 33.6. The van der Waals surface area contributed by atoms with E-state index >= 15 is 70.2 Å². The van der Waals surface area contributed by atoms with Gasteiger partial charge in [-0.2, -0.15) is 26.3 Å². The molecule has 0 unspecified atom stereocenters. The molecule has 0 spiro atoms. The van der Waals surface area contributed by atoms with Gasteiger partial charge in [-0.1, -0.05) is 36.4 Å². The molecule has 7 aromatic rings. The highest BCUT2D eigenvalue weighted by molar-refractivity contribution is 7.20. The molecule has 9 rings (SSSR count).